The molecule has 1 heterocycles. The van der Waals surface area contributed by atoms with Crippen molar-refractivity contribution < 1.29 is 17.9 Å². The Hall–Kier alpha value is -2.55. The average Bonchev–Trinajstić information content (AvgIpc) is 2.79. The number of hydrogen-bond donors (Lipinski definition) is 2. The summed E-state index contributed by atoms with van der Waals surface area (Å²) in [6.07, 6.45) is -0.531. The monoisotopic (exact) mass is 408 g/mol. The number of benzene rings is 1. The van der Waals surface area contributed by atoms with E-state index in [1.54, 1.807) is 58.4 Å². The highest BCUT2D eigenvalue weighted by atomic mass is 32.2. The van der Waals surface area contributed by atoms with Gasteiger partial charge in [-0.2, -0.15) is 5.10 Å². The van der Waals surface area contributed by atoms with Crippen LogP contribution >= 0.6 is 0 Å². The number of nitrogens with two attached hydrogens (primary N) is 1. The number of nitrogen functional groups attached to an aromatic ring is 1. The number of carbonyl (C=O) groups is 1. The molecule has 0 aliphatic rings. The summed E-state index contributed by atoms with van der Waals surface area (Å²) in [6.45, 7) is 10.8. The van der Waals surface area contributed by atoms with Crippen LogP contribution in [0.4, 0.5) is 10.5 Å². The van der Waals surface area contributed by atoms with Crippen LogP contribution in [0.15, 0.2) is 34.1 Å². The highest BCUT2D eigenvalue weighted by Crippen LogP contribution is 2.27. The lowest BCUT2D eigenvalue weighted by Crippen LogP contribution is -2.39. The zero-order valence-electron chi connectivity index (χ0n) is 17.1. The Morgan fingerprint density at radius 1 is 1.25 bits per heavy atom. The maximum atomic E-state index is 13.0. The van der Waals surface area contributed by atoms with Gasteiger partial charge in [-0.05, 0) is 65.8 Å². The van der Waals surface area contributed by atoms with Crippen molar-refractivity contribution in [2.75, 3.05) is 5.73 Å². The molecule has 28 heavy (non-hydrogen) atoms. The molecular formula is C19H28N4O4S. The van der Waals surface area contributed by atoms with Gasteiger partial charge >= 0.3 is 6.09 Å². The van der Waals surface area contributed by atoms with Gasteiger partial charge in [-0.1, -0.05) is 0 Å². The number of rotatable bonds is 5. The van der Waals surface area contributed by atoms with Gasteiger partial charge in [-0.25, -0.2) is 13.2 Å². The van der Waals surface area contributed by atoms with Gasteiger partial charge in [0.15, 0.2) is 0 Å². The third-order valence-electron chi connectivity index (χ3n) is 3.98. The van der Waals surface area contributed by atoms with Crippen molar-refractivity contribution in [3.63, 3.8) is 0 Å². The standard InChI is InChI=1S/C19H28N4O4S/c1-12(21-18(24)27-19(4,5)6)11-23-14(3)17(13(2)22-23)28(25,26)16-9-7-15(20)8-10-16/h7-10,12H,11,20H2,1-6H3,(H,21,24)/t12-/m0/s1. The number of carbonyl (C=O) groups excluding carboxylic acids is 1. The van der Waals surface area contributed by atoms with E-state index in [4.69, 9.17) is 10.5 Å². The summed E-state index contributed by atoms with van der Waals surface area (Å²) in [5.41, 5.74) is 6.45. The van der Waals surface area contributed by atoms with Gasteiger partial charge < -0.3 is 15.8 Å². The maximum Gasteiger partial charge on any atom is 0.407 e. The number of nitrogens with zero attached hydrogens (tertiary/aromatic N) is 2. The first kappa shape index (κ1) is 21.7. The van der Waals surface area contributed by atoms with Gasteiger partial charge in [0, 0.05) is 11.7 Å². The molecule has 0 bridgehead atoms. The predicted octanol–water partition coefficient (Wildman–Crippen LogP) is 2.83. The molecular weight excluding hydrogens is 380 g/mol. The fourth-order valence-electron chi connectivity index (χ4n) is 2.83. The van der Waals surface area contributed by atoms with Crippen LogP contribution in [0.2, 0.25) is 0 Å². The molecule has 154 valence electrons. The fraction of sp³-hybridized carbons (Fsp3) is 0.474. The van der Waals surface area contributed by atoms with Crippen LogP contribution in [-0.4, -0.2) is 35.9 Å². The second kappa shape index (κ2) is 7.83. The van der Waals surface area contributed by atoms with Gasteiger partial charge in [0.25, 0.3) is 0 Å². The third-order valence-corrected chi connectivity index (χ3v) is 6.01. The first-order valence-corrected chi connectivity index (χ1v) is 10.4. The molecule has 0 fully saturated rings. The van der Waals surface area contributed by atoms with Crippen molar-refractivity contribution in [1.82, 2.24) is 15.1 Å². The van der Waals surface area contributed by atoms with Crippen LogP contribution in [0.25, 0.3) is 0 Å². The summed E-state index contributed by atoms with van der Waals surface area (Å²) >= 11 is 0. The van der Waals surface area contributed by atoms with Crippen LogP contribution in [0.1, 0.15) is 39.1 Å². The molecule has 1 atom stereocenters. The smallest absolute Gasteiger partial charge is 0.407 e. The maximum absolute atomic E-state index is 13.0. The number of amides is 1. The average molecular weight is 409 g/mol. The molecule has 0 saturated heterocycles. The fourth-order valence-corrected chi connectivity index (χ4v) is 4.48. The van der Waals surface area contributed by atoms with Crippen molar-refractivity contribution in [2.45, 2.75) is 69.5 Å². The highest BCUT2D eigenvalue weighted by molar-refractivity contribution is 7.91. The molecule has 1 aromatic carbocycles. The molecule has 1 amide bonds. The van der Waals surface area contributed by atoms with Gasteiger partial charge in [-0.3, -0.25) is 4.68 Å². The molecule has 2 rings (SSSR count). The molecule has 0 unspecified atom stereocenters. The summed E-state index contributed by atoms with van der Waals surface area (Å²) in [5, 5.41) is 7.09. The zero-order chi connectivity index (χ0) is 21.3. The molecule has 2 aromatic rings. The Kier molecular flexibility index (Phi) is 6.08. The summed E-state index contributed by atoms with van der Waals surface area (Å²) in [5.74, 6) is 0. The number of nitrogens with one attached hydrogen (secondary N) is 1. The Morgan fingerprint density at radius 3 is 2.36 bits per heavy atom. The molecule has 0 saturated carbocycles. The van der Waals surface area contributed by atoms with Crippen LogP contribution in [-0.2, 0) is 21.1 Å². The largest absolute Gasteiger partial charge is 0.444 e. The quantitative estimate of drug-likeness (QED) is 0.735. The van der Waals surface area contributed by atoms with E-state index in [2.05, 4.69) is 10.4 Å². The van der Waals surface area contributed by atoms with E-state index in [1.807, 2.05) is 0 Å². The first-order valence-electron chi connectivity index (χ1n) is 8.95. The Morgan fingerprint density at radius 2 is 1.82 bits per heavy atom. The van der Waals surface area contributed by atoms with E-state index in [1.165, 1.54) is 12.1 Å². The summed E-state index contributed by atoms with van der Waals surface area (Å²) in [6, 6.07) is 5.75. The van der Waals surface area contributed by atoms with Gasteiger partial charge in [0.1, 0.15) is 10.5 Å². The molecule has 8 nitrogen and oxygen atoms in total. The number of alkyl carbamates (subject to hydrolysis) is 1. The second-order valence-corrected chi connectivity index (χ2v) is 9.69. The molecule has 9 heteroatoms. The van der Waals surface area contributed by atoms with Crippen molar-refractivity contribution in [2.24, 2.45) is 0 Å². The number of hydrogen-bond acceptors (Lipinski definition) is 6. The number of aromatic nitrogens is 2. The van der Waals surface area contributed by atoms with Gasteiger partial charge in [0.2, 0.25) is 9.84 Å². The minimum atomic E-state index is -3.73. The lowest BCUT2D eigenvalue weighted by Gasteiger charge is -2.22. The minimum absolute atomic E-state index is 0.160. The lowest BCUT2D eigenvalue weighted by atomic mass is 10.2. The molecule has 3 N–H and O–H groups in total. The number of ether oxygens (including phenoxy) is 1. The van der Waals surface area contributed by atoms with E-state index in [-0.39, 0.29) is 15.8 Å². The Balaban J connectivity index is 2.24. The van der Waals surface area contributed by atoms with Crippen molar-refractivity contribution in [3.8, 4) is 0 Å². The highest BCUT2D eigenvalue weighted by Gasteiger charge is 2.27. The molecule has 0 spiro atoms. The molecule has 0 aliphatic heterocycles. The Bertz CT molecular complexity index is 957. The van der Waals surface area contributed by atoms with Crippen LogP contribution < -0.4 is 11.1 Å². The zero-order valence-corrected chi connectivity index (χ0v) is 17.9. The van der Waals surface area contributed by atoms with E-state index < -0.39 is 21.5 Å². The summed E-state index contributed by atoms with van der Waals surface area (Å²) < 4.78 is 32.9. The van der Waals surface area contributed by atoms with E-state index >= 15 is 0 Å². The van der Waals surface area contributed by atoms with Crippen molar-refractivity contribution >= 4 is 21.6 Å². The van der Waals surface area contributed by atoms with E-state index in [9.17, 15) is 13.2 Å². The SMILES string of the molecule is Cc1nn(C[C@H](C)NC(=O)OC(C)(C)C)c(C)c1S(=O)(=O)c1ccc(N)cc1. The topological polar surface area (TPSA) is 116 Å². The first-order chi connectivity index (χ1) is 12.8. The Labute approximate surface area is 166 Å². The summed E-state index contributed by atoms with van der Waals surface area (Å²) in [4.78, 5) is 12.2. The second-order valence-electron chi connectivity index (χ2n) is 7.80. The van der Waals surface area contributed by atoms with E-state index in [0.717, 1.165) is 0 Å². The van der Waals surface area contributed by atoms with Crippen LogP contribution in [0.3, 0.4) is 0 Å². The molecule has 0 aliphatic carbocycles. The van der Waals surface area contributed by atoms with Crippen molar-refractivity contribution in [3.05, 3.63) is 35.7 Å². The number of anilines is 1. The van der Waals surface area contributed by atoms with Gasteiger partial charge in [0.05, 0.1) is 22.8 Å². The molecule has 1 aromatic heterocycles. The summed E-state index contributed by atoms with van der Waals surface area (Å²) in [7, 11) is -3.73. The van der Waals surface area contributed by atoms with Gasteiger partial charge in [-0.15, -0.1) is 0 Å². The number of sulfone groups is 1. The minimum Gasteiger partial charge on any atom is -0.444 e. The van der Waals surface area contributed by atoms with Crippen LogP contribution in [0, 0.1) is 13.8 Å². The molecule has 0 radical (unpaired) electrons. The van der Waals surface area contributed by atoms with Crippen LogP contribution in [0.5, 0.6) is 0 Å². The number of aryl methyl sites for hydroxylation is 1. The van der Waals surface area contributed by atoms with Crippen molar-refractivity contribution in [1.29, 1.82) is 0 Å². The normalized spacial score (nSPS) is 13.2. The predicted molar refractivity (Wildman–Crippen MR) is 107 cm³/mol. The van der Waals surface area contributed by atoms with E-state index in [0.29, 0.717) is 23.6 Å². The lowest BCUT2D eigenvalue weighted by molar-refractivity contribution is 0.0503. The third kappa shape index (κ3) is 5.03.